The van der Waals surface area contributed by atoms with Gasteiger partial charge in [0, 0.05) is 23.1 Å². The average Bonchev–Trinajstić information content (AvgIpc) is 2.87. The first kappa shape index (κ1) is 9.36. The van der Waals surface area contributed by atoms with E-state index >= 15 is 0 Å². The highest BCUT2D eigenvalue weighted by Crippen LogP contribution is 2.39. The normalized spacial score (nSPS) is 19.6. The van der Waals surface area contributed by atoms with Crippen molar-refractivity contribution in [3.63, 3.8) is 0 Å². The van der Waals surface area contributed by atoms with Crippen molar-refractivity contribution in [1.29, 1.82) is 0 Å². The quantitative estimate of drug-likeness (QED) is 0.865. The summed E-state index contributed by atoms with van der Waals surface area (Å²) < 4.78 is 5.37. The van der Waals surface area contributed by atoms with Crippen LogP contribution in [0.5, 0.6) is 0 Å². The van der Waals surface area contributed by atoms with Gasteiger partial charge in [0.25, 0.3) is 0 Å². The Hall–Kier alpha value is -0.870. The van der Waals surface area contributed by atoms with E-state index in [1.165, 1.54) is 9.90 Å². The second-order valence-corrected chi connectivity index (χ2v) is 5.78. The lowest BCUT2D eigenvalue weighted by molar-refractivity contribution is 0.506. The zero-order valence-electron chi connectivity index (χ0n) is 8.10. The van der Waals surface area contributed by atoms with Crippen LogP contribution in [0.25, 0.3) is 0 Å². The van der Waals surface area contributed by atoms with Crippen LogP contribution < -0.4 is 5.32 Å². The number of hydrogen-bond acceptors (Lipinski definition) is 4. The standard InChI is InChI=1S/C11H11NOS2/c1-2-8(13-4-1)6-9-7-12-11-10(15-9)3-5-14-11/h1-5,9,12H,6-7H2. The van der Waals surface area contributed by atoms with Crippen molar-refractivity contribution >= 4 is 28.1 Å². The molecule has 0 amide bonds. The predicted octanol–water partition coefficient (Wildman–Crippen LogP) is 3.47. The Bertz CT molecular complexity index is 435. The van der Waals surface area contributed by atoms with Gasteiger partial charge in [-0.25, -0.2) is 0 Å². The Kier molecular flexibility index (Phi) is 2.46. The van der Waals surface area contributed by atoms with Crippen LogP contribution in [0.4, 0.5) is 5.00 Å². The van der Waals surface area contributed by atoms with E-state index in [0.29, 0.717) is 5.25 Å². The molecule has 0 spiro atoms. The summed E-state index contributed by atoms with van der Waals surface area (Å²) in [6, 6.07) is 6.18. The van der Waals surface area contributed by atoms with Crippen LogP contribution in [0.15, 0.2) is 39.2 Å². The molecule has 0 bridgehead atoms. The van der Waals surface area contributed by atoms with Gasteiger partial charge in [-0.15, -0.1) is 23.1 Å². The minimum atomic E-state index is 0.582. The zero-order chi connectivity index (χ0) is 10.1. The largest absolute Gasteiger partial charge is 0.469 e. The molecule has 3 rings (SSSR count). The molecule has 2 nitrogen and oxygen atoms in total. The molecule has 0 radical (unpaired) electrons. The van der Waals surface area contributed by atoms with Crippen molar-refractivity contribution in [2.45, 2.75) is 16.6 Å². The first-order valence-electron chi connectivity index (χ1n) is 4.92. The van der Waals surface area contributed by atoms with Crippen molar-refractivity contribution in [3.8, 4) is 0 Å². The molecule has 1 N–H and O–H groups in total. The maximum absolute atomic E-state index is 5.37. The number of rotatable bonds is 2. The van der Waals surface area contributed by atoms with Crippen molar-refractivity contribution in [2.75, 3.05) is 11.9 Å². The molecule has 0 aromatic carbocycles. The first-order valence-corrected chi connectivity index (χ1v) is 6.68. The van der Waals surface area contributed by atoms with Gasteiger partial charge in [-0.05, 0) is 23.6 Å². The van der Waals surface area contributed by atoms with E-state index in [9.17, 15) is 0 Å². The number of hydrogen-bond donors (Lipinski definition) is 1. The Morgan fingerprint density at radius 2 is 2.47 bits per heavy atom. The van der Waals surface area contributed by atoms with Crippen molar-refractivity contribution in [3.05, 3.63) is 35.6 Å². The van der Waals surface area contributed by atoms with Gasteiger partial charge in [0.2, 0.25) is 0 Å². The fourth-order valence-corrected chi connectivity index (χ4v) is 3.88. The summed E-state index contributed by atoms with van der Waals surface area (Å²) >= 11 is 3.73. The number of nitrogens with one attached hydrogen (secondary N) is 1. The van der Waals surface area contributed by atoms with E-state index < -0.39 is 0 Å². The molecule has 0 saturated carbocycles. The third-order valence-electron chi connectivity index (χ3n) is 2.42. The zero-order valence-corrected chi connectivity index (χ0v) is 9.74. The smallest absolute Gasteiger partial charge is 0.104 e. The number of anilines is 1. The van der Waals surface area contributed by atoms with E-state index in [1.54, 1.807) is 17.6 Å². The summed E-state index contributed by atoms with van der Waals surface area (Å²) in [5.74, 6) is 1.08. The molecule has 1 unspecified atom stereocenters. The number of fused-ring (bicyclic) bond motifs is 1. The van der Waals surface area contributed by atoms with Crippen LogP contribution in [0.2, 0.25) is 0 Å². The van der Waals surface area contributed by atoms with Crippen LogP contribution in [0.1, 0.15) is 5.76 Å². The lowest BCUT2D eigenvalue weighted by Gasteiger charge is -2.22. The monoisotopic (exact) mass is 237 g/mol. The minimum absolute atomic E-state index is 0.582. The molecular formula is C11H11NOS2. The molecule has 1 aliphatic heterocycles. The molecule has 0 saturated heterocycles. The minimum Gasteiger partial charge on any atom is -0.469 e. The molecule has 78 valence electrons. The molecule has 4 heteroatoms. The first-order chi connectivity index (χ1) is 7.42. The number of furan rings is 1. The Morgan fingerprint density at radius 3 is 3.33 bits per heavy atom. The van der Waals surface area contributed by atoms with Gasteiger partial charge in [-0.1, -0.05) is 0 Å². The molecule has 2 aromatic heterocycles. The molecule has 1 aliphatic rings. The van der Waals surface area contributed by atoms with Crippen LogP contribution in [0, 0.1) is 0 Å². The second-order valence-electron chi connectivity index (χ2n) is 3.52. The topological polar surface area (TPSA) is 25.2 Å². The Balaban J connectivity index is 1.71. The molecule has 1 atom stereocenters. The molecular weight excluding hydrogens is 226 g/mol. The van der Waals surface area contributed by atoms with Gasteiger partial charge in [0.1, 0.15) is 10.8 Å². The fraction of sp³-hybridized carbons (Fsp3) is 0.273. The number of thiophene rings is 1. The van der Waals surface area contributed by atoms with Crippen molar-refractivity contribution in [1.82, 2.24) is 0 Å². The van der Waals surface area contributed by atoms with E-state index in [1.807, 2.05) is 23.9 Å². The highest BCUT2D eigenvalue weighted by Gasteiger charge is 2.20. The molecule has 0 fully saturated rings. The average molecular weight is 237 g/mol. The predicted molar refractivity (Wildman–Crippen MR) is 64.9 cm³/mol. The van der Waals surface area contributed by atoms with E-state index in [0.717, 1.165) is 18.7 Å². The summed E-state index contributed by atoms with van der Waals surface area (Å²) in [5.41, 5.74) is 0. The molecule has 3 heterocycles. The Labute approximate surface area is 96.7 Å². The SMILES string of the molecule is c1coc(CC2CNc3sccc3S2)c1. The summed E-state index contributed by atoms with van der Waals surface area (Å²) in [4.78, 5) is 1.38. The van der Waals surface area contributed by atoms with Gasteiger partial charge in [0.15, 0.2) is 0 Å². The summed E-state index contributed by atoms with van der Waals surface area (Å²) in [7, 11) is 0. The van der Waals surface area contributed by atoms with Crippen molar-refractivity contribution < 1.29 is 4.42 Å². The molecule has 2 aromatic rings. The molecule has 0 aliphatic carbocycles. The third-order valence-corrected chi connectivity index (χ3v) is 4.68. The van der Waals surface area contributed by atoms with Gasteiger partial charge in [-0.3, -0.25) is 0 Å². The van der Waals surface area contributed by atoms with Crippen molar-refractivity contribution in [2.24, 2.45) is 0 Å². The lowest BCUT2D eigenvalue weighted by atomic mass is 10.2. The highest BCUT2D eigenvalue weighted by molar-refractivity contribution is 8.00. The van der Waals surface area contributed by atoms with Crippen LogP contribution >= 0.6 is 23.1 Å². The van der Waals surface area contributed by atoms with Gasteiger partial charge >= 0.3 is 0 Å². The van der Waals surface area contributed by atoms with E-state index in [4.69, 9.17) is 4.42 Å². The van der Waals surface area contributed by atoms with Crippen LogP contribution in [-0.4, -0.2) is 11.8 Å². The van der Waals surface area contributed by atoms with Crippen LogP contribution in [0.3, 0.4) is 0 Å². The number of thioether (sulfide) groups is 1. The maximum Gasteiger partial charge on any atom is 0.104 e. The van der Waals surface area contributed by atoms with Crippen LogP contribution in [-0.2, 0) is 6.42 Å². The summed E-state index contributed by atoms with van der Waals surface area (Å²) in [6.07, 6.45) is 2.74. The second kappa shape index (κ2) is 3.94. The van der Waals surface area contributed by atoms with Gasteiger partial charge in [-0.2, -0.15) is 0 Å². The van der Waals surface area contributed by atoms with Gasteiger partial charge in [0.05, 0.1) is 6.26 Å². The summed E-state index contributed by atoms with van der Waals surface area (Å²) in [6.45, 7) is 1.03. The van der Waals surface area contributed by atoms with E-state index in [-0.39, 0.29) is 0 Å². The maximum atomic E-state index is 5.37. The summed E-state index contributed by atoms with van der Waals surface area (Å²) in [5, 5.41) is 7.50. The Morgan fingerprint density at radius 1 is 1.47 bits per heavy atom. The fourth-order valence-electron chi connectivity index (χ4n) is 1.71. The molecule has 15 heavy (non-hydrogen) atoms. The van der Waals surface area contributed by atoms with Gasteiger partial charge < -0.3 is 9.73 Å². The highest BCUT2D eigenvalue weighted by atomic mass is 32.2. The van der Waals surface area contributed by atoms with E-state index in [2.05, 4.69) is 16.8 Å². The third kappa shape index (κ3) is 1.92. The lowest BCUT2D eigenvalue weighted by Crippen LogP contribution is -2.22.